The Morgan fingerprint density at radius 2 is 2.14 bits per heavy atom. The van der Waals surface area contributed by atoms with Crippen LogP contribution in [0.1, 0.15) is 49.2 Å². The van der Waals surface area contributed by atoms with Crippen molar-refractivity contribution < 1.29 is 22.5 Å². The summed E-state index contributed by atoms with van der Waals surface area (Å²) in [6, 6.07) is 0.00901. The Labute approximate surface area is 120 Å². The van der Waals surface area contributed by atoms with Crippen LogP contribution in [0, 0.1) is 11.3 Å². The highest BCUT2D eigenvalue weighted by Gasteiger charge is 2.59. The summed E-state index contributed by atoms with van der Waals surface area (Å²) >= 11 is 0. The molecule has 4 nitrogen and oxygen atoms in total. The molecular weight excluding hydrogens is 285 g/mol. The maximum absolute atomic E-state index is 12.8. The summed E-state index contributed by atoms with van der Waals surface area (Å²) in [5, 5.41) is 2.94. The number of amides is 1. The third-order valence-electron chi connectivity index (χ3n) is 4.76. The summed E-state index contributed by atoms with van der Waals surface area (Å²) in [5.41, 5.74) is -1.59. The lowest BCUT2D eigenvalue weighted by atomic mass is 9.55. The van der Waals surface area contributed by atoms with Crippen LogP contribution in [0.25, 0.3) is 0 Å². The van der Waals surface area contributed by atoms with Crippen LogP contribution in [0.3, 0.4) is 0 Å². The fourth-order valence-electron chi connectivity index (χ4n) is 3.85. The number of hydrogen-bond acceptors (Lipinski definition) is 3. The molecule has 116 valence electrons. The number of alkyl halides is 3. The molecule has 0 N–H and O–H groups in total. The van der Waals surface area contributed by atoms with Crippen LogP contribution < -0.4 is 0 Å². The average molecular weight is 302 g/mol. The first kappa shape index (κ1) is 14.4. The first-order valence-electron chi connectivity index (χ1n) is 7.09. The molecule has 21 heavy (non-hydrogen) atoms. The molecule has 2 fully saturated rings. The smallest absolute Gasteiger partial charge is 0.363 e. The van der Waals surface area contributed by atoms with Crippen molar-refractivity contribution in [2.75, 3.05) is 6.54 Å². The summed E-state index contributed by atoms with van der Waals surface area (Å²) < 4.78 is 42.8. The largest absolute Gasteiger partial charge is 0.437 e. The van der Waals surface area contributed by atoms with E-state index in [-0.39, 0.29) is 17.4 Å². The first-order chi connectivity index (χ1) is 9.76. The van der Waals surface area contributed by atoms with Gasteiger partial charge in [-0.25, -0.2) is 0 Å². The van der Waals surface area contributed by atoms with Crippen LogP contribution in [0.15, 0.2) is 10.8 Å². The van der Waals surface area contributed by atoms with E-state index in [9.17, 15) is 18.0 Å². The van der Waals surface area contributed by atoms with Crippen LogP contribution in [0.2, 0.25) is 0 Å². The zero-order chi connectivity index (χ0) is 15.4. The lowest BCUT2D eigenvalue weighted by Gasteiger charge is -2.64. The van der Waals surface area contributed by atoms with E-state index in [4.69, 9.17) is 0 Å². The fraction of sp³-hybridized carbons (Fsp3) is 0.714. The molecule has 0 bridgehead atoms. The minimum Gasteiger partial charge on any atom is -0.363 e. The number of aromatic nitrogens is 1. The van der Waals surface area contributed by atoms with Gasteiger partial charge in [-0.1, -0.05) is 25.4 Å². The van der Waals surface area contributed by atoms with Crippen molar-refractivity contribution in [3.63, 3.8) is 0 Å². The van der Waals surface area contributed by atoms with Crippen molar-refractivity contribution in [1.82, 2.24) is 10.1 Å². The molecule has 3 rings (SSSR count). The zero-order valence-electron chi connectivity index (χ0n) is 11.9. The number of hydrogen-bond donors (Lipinski definition) is 0. The number of carbonyl (C=O) groups is 1. The molecule has 1 aliphatic heterocycles. The Hall–Kier alpha value is -1.53. The van der Waals surface area contributed by atoms with Gasteiger partial charge in [0.1, 0.15) is 11.8 Å². The van der Waals surface area contributed by atoms with Gasteiger partial charge in [-0.15, -0.1) is 0 Å². The zero-order valence-corrected chi connectivity index (χ0v) is 11.9. The van der Waals surface area contributed by atoms with Crippen molar-refractivity contribution in [3.8, 4) is 0 Å². The second kappa shape index (κ2) is 4.48. The van der Waals surface area contributed by atoms with Crippen LogP contribution in [0.5, 0.6) is 0 Å². The Kier molecular flexibility index (Phi) is 3.07. The maximum atomic E-state index is 12.8. The second-order valence-corrected chi connectivity index (χ2v) is 6.41. The summed E-state index contributed by atoms with van der Waals surface area (Å²) in [7, 11) is 0. The molecule has 1 saturated carbocycles. The molecular formula is C14H17F3N2O2. The van der Waals surface area contributed by atoms with Gasteiger partial charge in [0.2, 0.25) is 0 Å². The van der Waals surface area contributed by atoms with Gasteiger partial charge in [-0.2, -0.15) is 13.2 Å². The van der Waals surface area contributed by atoms with Crippen LogP contribution in [-0.2, 0) is 6.18 Å². The number of nitrogens with zero attached hydrogens (tertiary/aromatic N) is 2. The molecule has 7 heteroatoms. The van der Waals surface area contributed by atoms with Crippen LogP contribution in [-0.4, -0.2) is 28.6 Å². The molecule has 1 aliphatic carbocycles. The summed E-state index contributed by atoms with van der Waals surface area (Å²) in [5.74, 6) is -0.406. The van der Waals surface area contributed by atoms with Gasteiger partial charge in [0.05, 0.1) is 0 Å². The molecule has 1 amide bonds. The first-order valence-corrected chi connectivity index (χ1v) is 7.09. The lowest BCUT2D eigenvalue weighted by molar-refractivity contribution is -0.144. The topological polar surface area (TPSA) is 46.3 Å². The van der Waals surface area contributed by atoms with Gasteiger partial charge in [0, 0.05) is 18.0 Å². The molecule has 1 saturated heterocycles. The fourth-order valence-corrected chi connectivity index (χ4v) is 3.85. The monoisotopic (exact) mass is 302 g/mol. The lowest BCUT2D eigenvalue weighted by Crippen LogP contribution is -2.70. The molecule has 2 heterocycles. The predicted octanol–water partition coefficient (Wildman–Crippen LogP) is 3.34. The van der Waals surface area contributed by atoms with Gasteiger partial charge in [-0.05, 0) is 18.8 Å². The van der Waals surface area contributed by atoms with E-state index in [0.29, 0.717) is 6.54 Å². The van der Waals surface area contributed by atoms with Crippen molar-refractivity contribution in [2.24, 2.45) is 11.3 Å². The average Bonchev–Trinajstić information content (AvgIpc) is 2.72. The van der Waals surface area contributed by atoms with Crippen molar-refractivity contribution in [1.29, 1.82) is 0 Å². The Balaban J connectivity index is 1.85. The molecule has 1 aromatic heterocycles. The Morgan fingerprint density at radius 3 is 2.62 bits per heavy atom. The van der Waals surface area contributed by atoms with Gasteiger partial charge >= 0.3 is 6.18 Å². The van der Waals surface area contributed by atoms with E-state index >= 15 is 0 Å². The Morgan fingerprint density at radius 1 is 1.48 bits per heavy atom. The molecule has 0 unspecified atom stereocenters. The van der Waals surface area contributed by atoms with E-state index in [0.717, 1.165) is 25.5 Å². The van der Waals surface area contributed by atoms with Crippen molar-refractivity contribution in [2.45, 2.75) is 45.3 Å². The predicted molar refractivity (Wildman–Crippen MR) is 67.5 cm³/mol. The second-order valence-electron chi connectivity index (χ2n) is 6.41. The minimum atomic E-state index is -4.68. The molecule has 2 aliphatic rings. The van der Waals surface area contributed by atoms with Gasteiger partial charge in [0.15, 0.2) is 5.69 Å². The molecule has 0 radical (unpaired) electrons. The molecule has 1 aromatic rings. The third-order valence-corrected chi connectivity index (χ3v) is 4.76. The standard InChI is InChI=1S/C14H17F3N2O2/c1-8(2)11-13(4-3-5-13)7-19(11)12(20)9-6-21-18-10(9)14(15,16)17/h6,8,11H,3-5,7H2,1-2H3/t11-/m0/s1. The Bertz CT molecular complexity index is 561. The van der Waals surface area contributed by atoms with Gasteiger partial charge < -0.3 is 9.42 Å². The third kappa shape index (κ3) is 2.05. The van der Waals surface area contributed by atoms with E-state index in [2.05, 4.69) is 9.68 Å². The van der Waals surface area contributed by atoms with E-state index < -0.39 is 23.3 Å². The number of rotatable bonds is 2. The van der Waals surface area contributed by atoms with E-state index in [1.807, 2.05) is 13.8 Å². The SMILES string of the molecule is CC(C)[C@@H]1N(C(=O)c2conc2C(F)(F)F)CC12CCC2. The van der Waals surface area contributed by atoms with E-state index in [1.54, 1.807) is 4.90 Å². The maximum Gasteiger partial charge on any atom is 0.437 e. The van der Waals surface area contributed by atoms with E-state index in [1.165, 1.54) is 0 Å². The van der Waals surface area contributed by atoms with Gasteiger partial charge in [-0.3, -0.25) is 4.79 Å². The number of carbonyl (C=O) groups excluding carboxylic acids is 1. The highest BCUT2D eigenvalue weighted by atomic mass is 19.4. The molecule has 0 aromatic carbocycles. The van der Waals surface area contributed by atoms with Crippen molar-refractivity contribution in [3.05, 3.63) is 17.5 Å². The normalized spacial score (nSPS) is 24.1. The summed E-state index contributed by atoms with van der Waals surface area (Å²) in [4.78, 5) is 14.0. The number of halogens is 3. The van der Waals surface area contributed by atoms with Crippen molar-refractivity contribution >= 4 is 5.91 Å². The minimum absolute atomic E-state index is 0.00901. The molecule has 1 atom stereocenters. The quantitative estimate of drug-likeness (QED) is 0.841. The van der Waals surface area contributed by atoms with Gasteiger partial charge in [0.25, 0.3) is 5.91 Å². The highest BCUT2D eigenvalue weighted by molar-refractivity contribution is 5.96. The van der Waals surface area contributed by atoms with Crippen LogP contribution >= 0.6 is 0 Å². The van der Waals surface area contributed by atoms with Crippen LogP contribution in [0.4, 0.5) is 13.2 Å². The molecule has 1 spiro atoms. The summed E-state index contributed by atoms with van der Waals surface area (Å²) in [6.45, 7) is 4.54. The summed E-state index contributed by atoms with van der Waals surface area (Å²) in [6.07, 6.45) is -0.643. The highest BCUT2D eigenvalue weighted by Crippen LogP contribution is 2.55. The number of likely N-dealkylation sites (tertiary alicyclic amines) is 1.